The maximum atomic E-state index is 14.5. The van der Waals surface area contributed by atoms with Crippen molar-refractivity contribution in [3.63, 3.8) is 0 Å². The molecule has 1 amide bonds. The van der Waals surface area contributed by atoms with E-state index in [0.29, 0.717) is 6.07 Å². The summed E-state index contributed by atoms with van der Waals surface area (Å²) in [6.45, 7) is 0.897. The first-order chi connectivity index (χ1) is 16.5. The molecule has 22 heteroatoms. The maximum absolute atomic E-state index is 14.5. The monoisotopic (exact) mass is 619 g/mol. The van der Waals surface area contributed by atoms with E-state index in [4.69, 9.17) is 11.6 Å². The van der Waals surface area contributed by atoms with E-state index in [9.17, 15) is 79.4 Å². The number of benzene rings is 1. The summed E-state index contributed by atoms with van der Waals surface area (Å²) in [4.78, 5) is 11.8. The van der Waals surface area contributed by atoms with Crippen molar-refractivity contribution in [1.29, 1.82) is 0 Å². The van der Waals surface area contributed by atoms with Crippen LogP contribution in [0.3, 0.4) is 0 Å². The van der Waals surface area contributed by atoms with E-state index in [1.165, 1.54) is 4.74 Å². The van der Waals surface area contributed by atoms with Crippen molar-refractivity contribution in [3.05, 3.63) is 28.8 Å². The molecule has 1 N–H and O–H groups in total. The van der Waals surface area contributed by atoms with Crippen LogP contribution in [0.15, 0.2) is 18.2 Å². The Labute approximate surface area is 202 Å². The van der Waals surface area contributed by atoms with Gasteiger partial charge >= 0.3 is 48.4 Å². The SMILES string of the molecule is Cc1c(Cl)cccc1NC(=O)C(F)(OC(F)(F)C(F)(OC(F)(F)C(F)(F)C(F)(F)F)C(F)(F)F)C(F)(F)F. The third kappa shape index (κ3) is 5.82. The summed E-state index contributed by atoms with van der Waals surface area (Å²) in [7, 11) is 0. The second-order valence-electron chi connectivity index (χ2n) is 6.86. The van der Waals surface area contributed by atoms with E-state index in [2.05, 4.69) is 0 Å². The zero-order valence-electron chi connectivity index (χ0n) is 17.3. The molecule has 0 radical (unpaired) electrons. The Morgan fingerprint density at radius 2 is 1.18 bits per heavy atom. The molecule has 0 aromatic heterocycles. The summed E-state index contributed by atoms with van der Waals surface area (Å²) in [6.07, 6.45) is -38.7. The van der Waals surface area contributed by atoms with Crippen molar-refractivity contribution in [3.8, 4) is 0 Å². The molecule has 0 spiro atoms. The molecule has 2 unspecified atom stereocenters. The fourth-order valence-electron chi connectivity index (χ4n) is 2.11. The fourth-order valence-corrected chi connectivity index (χ4v) is 2.28. The molecule has 0 saturated heterocycles. The first kappa shape index (κ1) is 33.7. The molecule has 38 heavy (non-hydrogen) atoms. The molecular formula is C16H7ClF17NO3. The highest BCUT2D eigenvalue weighted by atomic mass is 35.5. The highest BCUT2D eigenvalue weighted by molar-refractivity contribution is 6.31. The van der Waals surface area contributed by atoms with Gasteiger partial charge in [-0.25, -0.2) is 0 Å². The molecule has 0 bridgehead atoms. The van der Waals surface area contributed by atoms with E-state index < -0.39 is 70.6 Å². The van der Waals surface area contributed by atoms with Gasteiger partial charge in [-0.15, -0.1) is 0 Å². The molecule has 0 aliphatic carbocycles. The first-order valence-corrected chi connectivity index (χ1v) is 9.04. The lowest BCUT2D eigenvalue weighted by atomic mass is 10.1. The Hall–Kier alpha value is -2.29. The largest absolute Gasteiger partial charge is 0.462 e. The minimum Gasteiger partial charge on any atom is -0.320 e. The zero-order chi connectivity index (χ0) is 30.6. The standard InChI is InChI=1S/C16H7ClF17NO3/c1-5-6(17)3-2-4-7(5)35-8(36)9(18,12(22,23)24)37-16(33,34)11(21,14(28,29)30)38-15(31,32)10(19,20)13(25,26)27/h2-4H,1H3,(H,35,36). The number of halogens is 18. The number of hydrogen-bond acceptors (Lipinski definition) is 3. The minimum atomic E-state index is -8.08. The predicted molar refractivity (Wildman–Crippen MR) is 87.7 cm³/mol. The van der Waals surface area contributed by atoms with E-state index >= 15 is 0 Å². The van der Waals surface area contributed by atoms with Crippen LogP contribution in [0.2, 0.25) is 5.02 Å². The summed E-state index contributed by atoms with van der Waals surface area (Å²) in [5.41, 5.74) is -1.40. The van der Waals surface area contributed by atoms with Crippen molar-refractivity contribution < 1.29 is 88.9 Å². The van der Waals surface area contributed by atoms with Crippen LogP contribution in [-0.4, -0.2) is 54.3 Å². The van der Waals surface area contributed by atoms with Crippen LogP contribution in [0.25, 0.3) is 0 Å². The highest BCUT2D eigenvalue weighted by Gasteiger charge is 2.85. The predicted octanol–water partition coefficient (Wildman–Crippen LogP) is 7.46. The Kier molecular flexibility index (Phi) is 8.63. The van der Waals surface area contributed by atoms with Gasteiger partial charge in [-0.2, -0.15) is 74.6 Å². The van der Waals surface area contributed by atoms with Gasteiger partial charge in [-0.3, -0.25) is 14.3 Å². The lowest BCUT2D eigenvalue weighted by molar-refractivity contribution is -0.548. The van der Waals surface area contributed by atoms with Crippen molar-refractivity contribution in [1.82, 2.24) is 0 Å². The molecule has 0 aliphatic rings. The fraction of sp³-hybridized carbons (Fsp3) is 0.562. The number of rotatable bonds is 8. The number of carbonyl (C=O) groups is 1. The van der Waals surface area contributed by atoms with Crippen molar-refractivity contribution in [2.75, 3.05) is 5.32 Å². The lowest BCUT2D eigenvalue weighted by Crippen LogP contribution is -2.68. The van der Waals surface area contributed by atoms with Gasteiger partial charge in [0.05, 0.1) is 0 Å². The Bertz CT molecular complexity index is 1040. The number of carbonyl (C=O) groups excluding carboxylic acids is 1. The molecule has 0 heterocycles. The van der Waals surface area contributed by atoms with Crippen LogP contribution in [0.4, 0.5) is 80.3 Å². The summed E-state index contributed by atoms with van der Waals surface area (Å²) in [5.74, 6) is -26.3. The van der Waals surface area contributed by atoms with Gasteiger partial charge in [0.15, 0.2) is 0 Å². The summed E-state index contributed by atoms with van der Waals surface area (Å²) in [5, 5.41) is 0.469. The molecule has 0 aliphatic heterocycles. The number of hydrogen-bond donors (Lipinski definition) is 1. The van der Waals surface area contributed by atoms with Gasteiger partial charge in [0.2, 0.25) is 0 Å². The van der Waals surface area contributed by atoms with Gasteiger partial charge in [-0.1, -0.05) is 17.7 Å². The number of anilines is 1. The normalized spacial score (nSPS) is 17.6. The summed E-state index contributed by atoms with van der Waals surface area (Å²) in [6, 6.07) is 2.44. The van der Waals surface area contributed by atoms with E-state index in [0.717, 1.165) is 24.4 Å². The van der Waals surface area contributed by atoms with Gasteiger partial charge in [0.25, 0.3) is 5.91 Å². The zero-order valence-corrected chi connectivity index (χ0v) is 18.0. The maximum Gasteiger partial charge on any atom is 0.462 e. The van der Waals surface area contributed by atoms with Crippen molar-refractivity contribution in [2.45, 2.75) is 55.3 Å². The van der Waals surface area contributed by atoms with Crippen LogP contribution >= 0.6 is 11.6 Å². The second kappa shape index (κ2) is 9.72. The number of nitrogens with one attached hydrogen (secondary N) is 1. The molecule has 0 fully saturated rings. The molecule has 1 aromatic rings. The molecule has 0 saturated carbocycles. The third-order valence-corrected chi connectivity index (χ3v) is 4.58. The molecule has 4 nitrogen and oxygen atoms in total. The van der Waals surface area contributed by atoms with Crippen LogP contribution in [-0.2, 0) is 14.3 Å². The summed E-state index contributed by atoms with van der Waals surface area (Å²) < 4.78 is 227. The number of alkyl halides is 17. The summed E-state index contributed by atoms with van der Waals surface area (Å²) >= 11 is 5.53. The van der Waals surface area contributed by atoms with Crippen LogP contribution in [0.1, 0.15) is 5.56 Å². The molecule has 1 rings (SSSR count). The Morgan fingerprint density at radius 3 is 1.58 bits per heavy atom. The van der Waals surface area contributed by atoms with E-state index in [1.54, 1.807) is 0 Å². The Balaban J connectivity index is 3.67. The number of ether oxygens (including phenoxy) is 2. The van der Waals surface area contributed by atoms with Crippen molar-refractivity contribution >= 4 is 23.2 Å². The Morgan fingerprint density at radius 1 is 0.711 bits per heavy atom. The van der Waals surface area contributed by atoms with Crippen molar-refractivity contribution in [2.24, 2.45) is 0 Å². The van der Waals surface area contributed by atoms with Crippen LogP contribution < -0.4 is 5.32 Å². The molecule has 2 atom stereocenters. The molecular weight excluding hydrogens is 613 g/mol. The van der Waals surface area contributed by atoms with Gasteiger partial charge in [-0.05, 0) is 24.6 Å². The van der Waals surface area contributed by atoms with Gasteiger partial charge < -0.3 is 5.32 Å². The molecule has 1 aromatic carbocycles. The van der Waals surface area contributed by atoms with Gasteiger partial charge in [0, 0.05) is 10.7 Å². The molecule has 220 valence electrons. The van der Waals surface area contributed by atoms with Crippen LogP contribution in [0.5, 0.6) is 0 Å². The average Bonchev–Trinajstić information content (AvgIpc) is 2.67. The first-order valence-electron chi connectivity index (χ1n) is 8.67. The van der Waals surface area contributed by atoms with Gasteiger partial charge in [0.1, 0.15) is 0 Å². The number of amides is 1. The quantitative estimate of drug-likeness (QED) is 0.308. The minimum absolute atomic E-state index is 0.397. The topological polar surface area (TPSA) is 47.6 Å². The third-order valence-electron chi connectivity index (χ3n) is 4.17. The van der Waals surface area contributed by atoms with Crippen LogP contribution in [0, 0.1) is 6.92 Å². The second-order valence-corrected chi connectivity index (χ2v) is 7.27. The smallest absolute Gasteiger partial charge is 0.320 e. The van der Waals surface area contributed by atoms with E-state index in [-0.39, 0.29) is 0 Å². The highest BCUT2D eigenvalue weighted by Crippen LogP contribution is 2.56. The average molecular weight is 620 g/mol. The van der Waals surface area contributed by atoms with E-state index in [1.807, 2.05) is 4.74 Å². The lowest BCUT2D eigenvalue weighted by Gasteiger charge is -2.40.